The van der Waals surface area contributed by atoms with Crippen molar-refractivity contribution < 1.29 is 4.42 Å². The van der Waals surface area contributed by atoms with E-state index >= 15 is 0 Å². The van der Waals surface area contributed by atoms with Crippen molar-refractivity contribution in [2.45, 2.75) is 0 Å². The number of nitrogens with zero attached hydrogens (tertiary/aromatic N) is 1. The van der Waals surface area contributed by atoms with Gasteiger partial charge >= 0.3 is 0 Å². The second kappa shape index (κ2) is 9.59. The van der Waals surface area contributed by atoms with Gasteiger partial charge < -0.3 is 9.32 Å². The predicted molar refractivity (Wildman–Crippen MR) is 184 cm³/mol. The van der Waals surface area contributed by atoms with Crippen molar-refractivity contribution in [3.05, 3.63) is 152 Å². The summed E-state index contributed by atoms with van der Waals surface area (Å²) in [6.07, 6.45) is 0. The van der Waals surface area contributed by atoms with Crippen LogP contribution in [-0.2, 0) is 0 Å². The van der Waals surface area contributed by atoms with Crippen LogP contribution in [0.15, 0.2) is 156 Å². The van der Waals surface area contributed by atoms with Gasteiger partial charge in [-0.2, -0.15) is 0 Å². The van der Waals surface area contributed by atoms with Crippen LogP contribution < -0.4 is 4.90 Å². The summed E-state index contributed by atoms with van der Waals surface area (Å²) in [5.41, 5.74) is 7.52. The van der Waals surface area contributed by atoms with E-state index in [9.17, 15) is 0 Å². The maximum atomic E-state index is 6.57. The molecule has 0 aliphatic rings. The van der Waals surface area contributed by atoms with Crippen LogP contribution in [0.1, 0.15) is 0 Å². The van der Waals surface area contributed by atoms with Crippen LogP contribution in [-0.4, -0.2) is 0 Å². The fraction of sp³-hybridized carbons (Fsp3) is 0. The molecule has 3 heteroatoms. The van der Waals surface area contributed by atoms with Crippen molar-refractivity contribution in [1.82, 2.24) is 0 Å². The molecular weight excluding hydrogens is 543 g/mol. The molecule has 0 bridgehead atoms. The molecule has 7 aromatic carbocycles. The van der Waals surface area contributed by atoms with Crippen LogP contribution in [0.2, 0.25) is 0 Å². The molecule has 0 fully saturated rings. The molecule has 2 aromatic heterocycles. The molecule has 2 nitrogen and oxygen atoms in total. The summed E-state index contributed by atoms with van der Waals surface area (Å²) in [6.45, 7) is 0. The number of benzene rings is 7. The molecule has 43 heavy (non-hydrogen) atoms. The summed E-state index contributed by atoms with van der Waals surface area (Å²) in [5, 5.41) is 7.18. The third kappa shape index (κ3) is 3.79. The Morgan fingerprint density at radius 2 is 1.21 bits per heavy atom. The van der Waals surface area contributed by atoms with E-state index in [4.69, 9.17) is 4.42 Å². The minimum absolute atomic E-state index is 0.899. The Kier molecular flexibility index (Phi) is 5.40. The Morgan fingerprint density at radius 3 is 2.14 bits per heavy atom. The van der Waals surface area contributed by atoms with Gasteiger partial charge in [-0.1, -0.05) is 97.1 Å². The Morgan fingerprint density at radius 1 is 0.465 bits per heavy atom. The number of para-hydroxylation sites is 2. The van der Waals surface area contributed by atoms with Crippen molar-refractivity contribution >= 4 is 81.3 Å². The molecule has 0 saturated heterocycles. The third-order valence-corrected chi connectivity index (χ3v) is 9.61. The summed E-state index contributed by atoms with van der Waals surface area (Å²) in [5.74, 6) is 0. The fourth-order valence-corrected chi connectivity index (χ4v) is 7.62. The quantitative estimate of drug-likeness (QED) is 0.210. The van der Waals surface area contributed by atoms with Gasteiger partial charge in [0.25, 0.3) is 0 Å². The molecule has 0 amide bonds. The predicted octanol–water partition coefficient (Wildman–Crippen LogP) is 12.2. The first-order chi connectivity index (χ1) is 21.3. The van der Waals surface area contributed by atoms with Gasteiger partial charge in [0, 0.05) is 53.3 Å². The summed E-state index contributed by atoms with van der Waals surface area (Å²) >= 11 is 1.85. The van der Waals surface area contributed by atoms with E-state index in [1.165, 1.54) is 25.6 Å². The molecule has 0 saturated carbocycles. The van der Waals surface area contributed by atoms with Crippen molar-refractivity contribution in [3.63, 3.8) is 0 Å². The highest BCUT2D eigenvalue weighted by Gasteiger charge is 2.21. The lowest BCUT2D eigenvalue weighted by atomic mass is 9.96. The van der Waals surface area contributed by atoms with Crippen molar-refractivity contribution in [3.8, 4) is 11.1 Å². The molecule has 2 heterocycles. The fourth-order valence-electron chi connectivity index (χ4n) is 6.53. The first-order valence-corrected chi connectivity index (χ1v) is 15.3. The number of hydrogen-bond acceptors (Lipinski definition) is 3. The Labute approximate surface area is 252 Å². The molecule has 0 aliphatic carbocycles. The Hall–Kier alpha value is -5.38. The summed E-state index contributed by atoms with van der Waals surface area (Å²) in [4.78, 5) is 2.39. The third-order valence-electron chi connectivity index (χ3n) is 8.46. The lowest BCUT2D eigenvalue weighted by molar-refractivity contribution is 0.673. The molecule has 0 unspecified atom stereocenters. The smallest absolute Gasteiger partial charge is 0.143 e. The molecule has 0 atom stereocenters. The van der Waals surface area contributed by atoms with Crippen LogP contribution in [0.25, 0.3) is 64.0 Å². The topological polar surface area (TPSA) is 16.4 Å². The molecule has 9 aromatic rings. The number of hydrogen-bond donors (Lipinski definition) is 0. The van der Waals surface area contributed by atoms with Gasteiger partial charge in [0.05, 0.1) is 5.69 Å². The van der Waals surface area contributed by atoms with Gasteiger partial charge in [-0.05, 0) is 65.5 Å². The minimum Gasteiger partial charge on any atom is -0.455 e. The number of furan rings is 1. The maximum absolute atomic E-state index is 6.57. The summed E-state index contributed by atoms with van der Waals surface area (Å²) < 4.78 is 9.18. The van der Waals surface area contributed by atoms with Gasteiger partial charge in [0.1, 0.15) is 11.2 Å². The summed E-state index contributed by atoms with van der Waals surface area (Å²) in [7, 11) is 0. The van der Waals surface area contributed by atoms with E-state index in [2.05, 4.69) is 157 Å². The van der Waals surface area contributed by atoms with Gasteiger partial charge in [0.2, 0.25) is 0 Å². The van der Waals surface area contributed by atoms with Crippen LogP contribution in [0, 0.1) is 0 Å². The highest BCUT2D eigenvalue weighted by Crippen LogP contribution is 2.46. The van der Waals surface area contributed by atoms with Crippen molar-refractivity contribution in [1.29, 1.82) is 0 Å². The SMILES string of the molecule is c1ccc(N(c2ccc3sc4ccccc4c3c2)c2ccccc2-c2cccc3oc4c5ccccc5ccc4c23)cc1. The standard InChI is InChI=1S/C40H25NOS/c1-2-12-27(13-3-1)41(28-22-24-38-34(25-28)31-16-7-9-20-37(31)43-38)35-18-8-6-15-30(35)32-17-10-19-36-39(32)33-23-21-26-11-4-5-14-29(26)40(33)42-36/h1-25H. The van der Waals surface area contributed by atoms with Crippen LogP contribution in [0.4, 0.5) is 17.1 Å². The summed E-state index contributed by atoms with van der Waals surface area (Å²) in [6, 6.07) is 54.2. The highest BCUT2D eigenvalue weighted by molar-refractivity contribution is 7.25. The second-order valence-corrected chi connectivity index (χ2v) is 12.0. The molecule has 0 N–H and O–H groups in total. The molecule has 0 radical (unpaired) electrons. The average molecular weight is 568 g/mol. The van der Waals surface area contributed by atoms with E-state index in [1.807, 2.05) is 11.3 Å². The van der Waals surface area contributed by atoms with Crippen LogP contribution in [0.5, 0.6) is 0 Å². The lowest BCUT2D eigenvalue weighted by Crippen LogP contribution is -2.11. The number of anilines is 3. The van der Waals surface area contributed by atoms with Crippen LogP contribution >= 0.6 is 11.3 Å². The normalized spacial score (nSPS) is 11.7. The van der Waals surface area contributed by atoms with E-state index in [0.717, 1.165) is 55.5 Å². The minimum atomic E-state index is 0.899. The van der Waals surface area contributed by atoms with Crippen molar-refractivity contribution in [2.75, 3.05) is 4.90 Å². The van der Waals surface area contributed by atoms with E-state index < -0.39 is 0 Å². The molecular formula is C40H25NOS. The monoisotopic (exact) mass is 567 g/mol. The first-order valence-electron chi connectivity index (χ1n) is 14.5. The van der Waals surface area contributed by atoms with E-state index in [0.29, 0.717) is 0 Å². The first kappa shape index (κ1) is 24.2. The van der Waals surface area contributed by atoms with E-state index in [-0.39, 0.29) is 0 Å². The highest BCUT2D eigenvalue weighted by atomic mass is 32.1. The average Bonchev–Trinajstić information content (AvgIpc) is 3.64. The number of thiophene rings is 1. The Balaban J connectivity index is 1.31. The zero-order valence-electron chi connectivity index (χ0n) is 23.2. The van der Waals surface area contributed by atoms with Crippen LogP contribution in [0.3, 0.4) is 0 Å². The second-order valence-electron chi connectivity index (χ2n) is 10.9. The van der Waals surface area contributed by atoms with Gasteiger partial charge in [-0.25, -0.2) is 0 Å². The van der Waals surface area contributed by atoms with Gasteiger partial charge in [-0.15, -0.1) is 11.3 Å². The van der Waals surface area contributed by atoms with E-state index in [1.54, 1.807) is 0 Å². The molecule has 9 rings (SSSR count). The van der Waals surface area contributed by atoms with Gasteiger partial charge in [0.15, 0.2) is 0 Å². The molecule has 202 valence electrons. The maximum Gasteiger partial charge on any atom is 0.143 e. The van der Waals surface area contributed by atoms with Gasteiger partial charge in [-0.3, -0.25) is 0 Å². The Bertz CT molecular complexity index is 2470. The van der Waals surface area contributed by atoms with Crippen molar-refractivity contribution in [2.24, 2.45) is 0 Å². The molecule has 0 aliphatic heterocycles. The largest absolute Gasteiger partial charge is 0.455 e. The number of fused-ring (bicyclic) bond motifs is 8. The zero-order valence-corrected chi connectivity index (χ0v) is 24.0. The number of rotatable bonds is 4. The lowest BCUT2D eigenvalue weighted by Gasteiger charge is -2.28. The zero-order chi connectivity index (χ0) is 28.3. The molecule has 0 spiro atoms.